The van der Waals surface area contributed by atoms with Crippen molar-refractivity contribution in [2.24, 2.45) is 0 Å². The van der Waals surface area contributed by atoms with Crippen LogP contribution in [-0.4, -0.2) is 48.3 Å². The van der Waals surface area contributed by atoms with E-state index in [9.17, 15) is 13.2 Å². The highest BCUT2D eigenvalue weighted by Gasteiger charge is 2.32. The third-order valence-corrected chi connectivity index (χ3v) is 5.06. The third kappa shape index (κ3) is 2.98. The lowest BCUT2D eigenvalue weighted by atomic mass is 10.1. The second-order valence-corrected chi connectivity index (χ2v) is 7.17. The number of nitrogens with zero attached hydrogens (tertiary/aromatic N) is 2. The first-order valence-corrected chi connectivity index (χ1v) is 7.92. The van der Waals surface area contributed by atoms with Crippen LogP contribution in [-0.2, 0) is 9.84 Å². The number of rotatable bonds is 1. The van der Waals surface area contributed by atoms with Gasteiger partial charge in [0.2, 0.25) is 0 Å². The summed E-state index contributed by atoms with van der Waals surface area (Å²) in [5, 5.41) is 0.176. The monoisotopic (exact) mass is 303 g/mol. The van der Waals surface area contributed by atoms with Crippen molar-refractivity contribution in [3.8, 4) is 0 Å². The van der Waals surface area contributed by atoms with E-state index in [-0.39, 0.29) is 46.4 Å². The fourth-order valence-electron chi connectivity index (χ4n) is 2.08. The van der Waals surface area contributed by atoms with Gasteiger partial charge in [-0.3, -0.25) is 4.79 Å². The van der Waals surface area contributed by atoms with Gasteiger partial charge in [0.1, 0.15) is 5.15 Å². The van der Waals surface area contributed by atoms with Crippen molar-refractivity contribution < 1.29 is 13.2 Å². The molecular weight excluding hydrogens is 290 g/mol. The average molecular weight is 304 g/mol. The molecule has 1 amide bonds. The minimum Gasteiger partial charge on any atom is -0.397 e. The van der Waals surface area contributed by atoms with Crippen LogP contribution in [0.1, 0.15) is 17.3 Å². The van der Waals surface area contributed by atoms with Crippen LogP contribution in [0.5, 0.6) is 0 Å². The van der Waals surface area contributed by atoms with E-state index < -0.39 is 9.84 Å². The maximum absolute atomic E-state index is 12.4. The highest BCUT2D eigenvalue weighted by molar-refractivity contribution is 7.91. The molecule has 2 heterocycles. The molecule has 8 heteroatoms. The Balaban J connectivity index is 2.27. The van der Waals surface area contributed by atoms with Crippen molar-refractivity contribution in [1.29, 1.82) is 0 Å². The molecule has 104 valence electrons. The summed E-state index contributed by atoms with van der Waals surface area (Å²) in [7, 11) is -3.06. The summed E-state index contributed by atoms with van der Waals surface area (Å²) >= 11 is 5.75. The smallest absolute Gasteiger partial charge is 0.256 e. The first-order chi connectivity index (χ1) is 8.80. The maximum Gasteiger partial charge on any atom is 0.256 e. The number of aromatic nitrogens is 1. The van der Waals surface area contributed by atoms with Gasteiger partial charge in [-0.15, -0.1) is 0 Å². The normalized spacial score (nSPS) is 22.2. The number of carbonyl (C=O) groups excluding carboxylic acids is 1. The minimum atomic E-state index is -3.06. The van der Waals surface area contributed by atoms with Crippen molar-refractivity contribution in [2.45, 2.75) is 13.0 Å². The molecule has 0 radical (unpaired) electrons. The van der Waals surface area contributed by atoms with Crippen LogP contribution in [0.15, 0.2) is 12.3 Å². The summed E-state index contributed by atoms with van der Waals surface area (Å²) in [5.74, 6) is -0.372. The number of sulfone groups is 1. The molecule has 1 aliphatic rings. The standard InChI is InChI=1S/C11H14ClN3O3S/c1-7-6-19(17,18)3-2-15(7)11(16)8-4-10(12)14-5-9(8)13/h4-5,7H,2-3,6,13H2,1H3. The van der Waals surface area contributed by atoms with E-state index in [1.165, 1.54) is 17.2 Å². The highest BCUT2D eigenvalue weighted by Crippen LogP contribution is 2.20. The largest absolute Gasteiger partial charge is 0.397 e. The minimum absolute atomic E-state index is 0.0260. The quantitative estimate of drug-likeness (QED) is 0.766. The first kappa shape index (κ1) is 14.1. The number of amides is 1. The Labute approximate surface area is 116 Å². The zero-order valence-electron chi connectivity index (χ0n) is 10.3. The number of hydrogen-bond donors (Lipinski definition) is 1. The number of hydrogen-bond acceptors (Lipinski definition) is 5. The summed E-state index contributed by atoms with van der Waals surface area (Å²) in [5.41, 5.74) is 6.20. The second-order valence-electron chi connectivity index (χ2n) is 4.56. The number of nitrogens with two attached hydrogens (primary N) is 1. The van der Waals surface area contributed by atoms with Crippen LogP contribution in [0.2, 0.25) is 5.15 Å². The van der Waals surface area contributed by atoms with Gasteiger partial charge in [-0.25, -0.2) is 13.4 Å². The molecule has 0 aromatic carbocycles. The number of carbonyl (C=O) groups is 1. The molecular formula is C11H14ClN3O3S. The van der Waals surface area contributed by atoms with Gasteiger partial charge >= 0.3 is 0 Å². The Bertz CT molecular complexity index is 618. The molecule has 1 aliphatic heterocycles. The molecule has 0 saturated carbocycles. The molecule has 6 nitrogen and oxygen atoms in total. The maximum atomic E-state index is 12.4. The Morgan fingerprint density at radius 1 is 1.58 bits per heavy atom. The van der Waals surface area contributed by atoms with E-state index in [0.717, 1.165) is 0 Å². The average Bonchev–Trinajstić information content (AvgIpc) is 2.30. The van der Waals surface area contributed by atoms with Crippen LogP contribution in [0.3, 0.4) is 0 Å². The van der Waals surface area contributed by atoms with E-state index in [2.05, 4.69) is 4.98 Å². The van der Waals surface area contributed by atoms with Crippen LogP contribution < -0.4 is 5.73 Å². The summed E-state index contributed by atoms with van der Waals surface area (Å²) in [6.07, 6.45) is 1.32. The summed E-state index contributed by atoms with van der Waals surface area (Å²) in [4.78, 5) is 17.6. The number of anilines is 1. The van der Waals surface area contributed by atoms with E-state index in [1.807, 2.05) is 0 Å². The topological polar surface area (TPSA) is 93.4 Å². The van der Waals surface area contributed by atoms with E-state index >= 15 is 0 Å². The van der Waals surface area contributed by atoms with Gasteiger partial charge in [0.15, 0.2) is 9.84 Å². The predicted octanol–water partition coefficient (Wildman–Crippen LogP) is 0.576. The van der Waals surface area contributed by atoms with Gasteiger partial charge in [-0.1, -0.05) is 11.6 Å². The van der Waals surface area contributed by atoms with E-state index in [1.54, 1.807) is 6.92 Å². The van der Waals surface area contributed by atoms with Crippen LogP contribution in [0.4, 0.5) is 5.69 Å². The lowest BCUT2D eigenvalue weighted by Gasteiger charge is -2.33. The second kappa shape index (κ2) is 4.97. The Kier molecular flexibility index (Phi) is 3.69. The molecule has 1 unspecified atom stereocenters. The number of nitrogen functional groups attached to an aromatic ring is 1. The fraction of sp³-hybridized carbons (Fsp3) is 0.455. The van der Waals surface area contributed by atoms with Crippen molar-refractivity contribution in [3.05, 3.63) is 23.0 Å². The molecule has 1 aromatic rings. The lowest BCUT2D eigenvalue weighted by Crippen LogP contribution is -2.49. The summed E-state index contributed by atoms with van der Waals surface area (Å²) in [6, 6.07) is 1.02. The summed E-state index contributed by atoms with van der Waals surface area (Å²) in [6.45, 7) is 1.87. The Morgan fingerprint density at radius 3 is 2.89 bits per heavy atom. The van der Waals surface area contributed by atoms with Crippen LogP contribution in [0.25, 0.3) is 0 Å². The molecule has 19 heavy (non-hydrogen) atoms. The van der Waals surface area contributed by atoms with Crippen molar-refractivity contribution in [3.63, 3.8) is 0 Å². The molecule has 1 aromatic heterocycles. The Hall–Kier alpha value is -1.34. The molecule has 2 rings (SSSR count). The zero-order valence-corrected chi connectivity index (χ0v) is 11.9. The van der Waals surface area contributed by atoms with Gasteiger partial charge in [0.05, 0.1) is 29.0 Å². The zero-order chi connectivity index (χ0) is 14.2. The summed E-state index contributed by atoms with van der Waals surface area (Å²) < 4.78 is 23.0. The number of halogens is 1. The fourth-order valence-corrected chi connectivity index (χ4v) is 3.80. The van der Waals surface area contributed by atoms with Crippen LogP contribution in [0, 0.1) is 0 Å². The Morgan fingerprint density at radius 2 is 2.26 bits per heavy atom. The van der Waals surface area contributed by atoms with Crippen LogP contribution >= 0.6 is 11.6 Å². The third-order valence-electron chi connectivity index (χ3n) is 3.06. The molecule has 1 atom stereocenters. The van der Waals surface area contributed by atoms with Gasteiger partial charge in [-0.05, 0) is 13.0 Å². The number of pyridine rings is 1. The van der Waals surface area contributed by atoms with E-state index in [0.29, 0.717) is 0 Å². The van der Waals surface area contributed by atoms with Crippen molar-refractivity contribution in [1.82, 2.24) is 9.88 Å². The molecule has 2 N–H and O–H groups in total. The molecule has 0 spiro atoms. The van der Waals surface area contributed by atoms with Gasteiger partial charge in [-0.2, -0.15) is 0 Å². The molecule has 0 aliphatic carbocycles. The predicted molar refractivity (Wildman–Crippen MR) is 72.8 cm³/mol. The van der Waals surface area contributed by atoms with Crippen molar-refractivity contribution >= 4 is 33.0 Å². The molecule has 0 bridgehead atoms. The highest BCUT2D eigenvalue weighted by atomic mass is 35.5. The van der Waals surface area contributed by atoms with Gasteiger partial charge in [0.25, 0.3) is 5.91 Å². The van der Waals surface area contributed by atoms with Gasteiger partial charge < -0.3 is 10.6 Å². The molecule has 1 fully saturated rings. The lowest BCUT2D eigenvalue weighted by molar-refractivity contribution is 0.0713. The van der Waals surface area contributed by atoms with E-state index in [4.69, 9.17) is 17.3 Å². The first-order valence-electron chi connectivity index (χ1n) is 5.72. The SMILES string of the molecule is CC1CS(=O)(=O)CCN1C(=O)c1cc(Cl)ncc1N. The van der Waals surface area contributed by atoms with Crippen molar-refractivity contribution in [2.75, 3.05) is 23.8 Å². The molecule has 1 saturated heterocycles. The van der Waals surface area contributed by atoms with Gasteiger partial charge in [0, 0.05) is 12.6 Å².